The fourth-order valence-electron chi connectivity index (χ4n) is 1.53. The summed E-state index contributed by atoms with van der Waals surface area (Å²) in [7, 11) is 0. The van der Waals surface area contributed by atoms with E-state index in [1.807, 2.05) is 12.2 Å². The maximum Gasteiger partial charge on any atom is 0.413 e. The van der Waals surface area contributed by atoms with Gasteiger partial charge in [0.1, 0.15) is 0 Å². The number of nitrogens with one attached hydrogen (secondary N) is 2. The van der Waals surface area contributed by atoms with Gasteiger partial charge in [-0.15, -0.1) is 0 Å². The lowest BCUT2D eigenvalue weighted by molar-refractivity contribution is 0.158. The lowest BCUT2D eigenvalue weighted by atomic mass is 10.1. The molecule has 0 saturated heterocycles. The van der Waals surface area contributed by atoms with Crippen molar-refractivity contribution in [3.8, 4) is 0 Å². The quantitative estimate of drug-likeness (QED) is 0.697. The summed E-state index contributed by atoms with van der Waals surface area (Å²) in [5.41, 5.74) is 1.33. The standard InChI is InChI=1S/C13H17ClN2O3S/c1-2-19-13(18)16-12(20)15-11-6-4-3-5-9(8-17)7-10(11)14/h5-7,17H,2-4,8H2,1H3,(H2,15,16,18,20)/b9-5?,10-7+,11-6+. The van der Waals surface area contributed by atoms with Crippen molar-refractivity contribution < 1.29 is 14.6 Å². The number of halogens is 1. The Morgan fingerprint density at radius 2 is 2.20 bits per heavy atom. The van der Waals surface area contributed by atoms with Crippen LogP contribution in [0.4, 0.5) is 4.79 Å². The van der Waals surface area contributed by atoms with Crippen LogP contribution in [0.25, 0.3) is 0 Å². The fraction of sp³-hybridized carbons (Fsp3) is 0.385. The van der Waals surface area contributed by atoms with E-state index in [2.05, 4.69) is 10.6 Å². The van der Waals surface area contributed by atoms with Crippen molar-refractivity contribution in [2.75, 3.05) is 13.2 Å². The molecule has 0 bridgehead atoms. The van der Waals surface area contributed by atoms with Crippen LogP contribution in [0, 0.1) is 0 Å². The van der Waals surface area contributed by atoms with E-state index in [0.29, 0.717) is 10.7 Å². The van der Waals surface area contributed by atoms with Gasteiger partial charge in [-0.3, -0.25) is 5.32 Å². The minimum absolute atomic E-state index is 0.0744. The van der Waals surface area contributed by atoms with Crippen LogP contribution < -0.4 is 10.6 Å². The molecule has 1 aliphatic carbocycles. The van der Waals surface area contributed by atoms with Crippen LogP contribution >= 0.6 is 23.8 Å². The normalized spacial score (nSPS) is 20.2. The predicted molar refractivity (Wildman–Crippen MR) is 82.3 cm³/mol. The molecule has 0 fully saturated rings. The molecule has 110 valence electrons. The summed E-state index contributed by atoms with van der Waals surface area (Å²) in [5, 5.41) is 14.9. The minimum atomic E-state index is -0.618. The van der Waals surface area contributed by atoms with Crippen molar-refractivity contribution in [1.29, 1.82) is 0 Å². The second kappa shape index (κ2) is 8.73. The Kier molecular flexibility index (Phi) is 7.28. The van der Waals surface area contributed by atoms with Crippen LogP contribution in [-0.4, -0.2) is 29.5 Å². The molecule has 1 amide bonds. The molecule has 0 unspecified atom stereocenters. The van der Waals surface area contributed by atoms with Crippen molar-refractivity contribution in [1.82, 2.24) is 10.6 Å². The number of hydrogen-bond acceptors (Lipinski definition) is 4. The molecular weight excluding hydrogens is 300 g/mol. The van der Waals surface area contributed by atoms with Gasteiger partial charge in [-0.05, 0) is 43.6 Å². The second-order valence-corrected chi connectivity index (χ2v) is 4.74. The number of alkyl carbamates (subject to hydrolysis) is 1. The number of aliphatic hydroxyl groups excluding tert-OH is 1. The summed E-state index contributed by atoms with van der Waals surface area (Å²) in [5.74, 6) is 0. The van der Waals surface area contributed by atoms with E-state index in [1.54, 1.807) is 13.0 Å². The molecule has 3 N–H and O–H groups in total. The van der Waals surface area contributed by atoms with Gasteiger partial charge in [-0.25, -0.2) is 4.79 Å². The Morgan fingerprint density at radius 1 is 1.50 bits per heavy atom. The molecule has 7 heteroatoms. The molecule has 0 aromatic heterocycles. The zero-order chi connectivity index (χ0) is 15.0. The largest absolute Gasteiger partial charge is 0.450 e. The number of amides is 1. The molecule has 0 aromatic rings. The van der Waals surface area contributed by atoms with Crippen LogP contribution in [0.15, 0.2) is 34.5 Å². The van der Waals surface area contributed by atoms with Gasteiger partial charge in [0.15, 0.2) is 5.11 Å². The highest BCUT2D eigenvalue weighted by molar-refractivity contribution is 7.80. The van der Waals surface area contributed by atoms with Gasteiger partial charge < -0.3 is 15.2 Å². The Balaban J connectivity index is 2.68. The highest BCUT2D eigenvalue weighted by Crippen LogP contribution is 2.19. The van der Waals surface area contributed by atoms with Crippen LogP contribution in [-0.2, 0) is 4.74 Å². The van der Waals surface area contributed by atoms with E-state index in [1.165, 1.54) is 0 Å². The van der Waals surface area contributed by atoms with Crippen molar-refractivity contribution in [3.05, 3.63) is 34.5 Å². The van der Waals surface area contributed by atoms with E-state index < -0.39 is 6.09 Å². The predicted octanol–water partition coefficient (Wildman–Crippen LogP) is 2.33. The minimum Gasteiger partial charge on any atom is -0.450 e. The topological polar surface area (TPSA) is 70.6 Å². The van der Waals surface area contributed by atoms with Crippen molar-refractivity contribution in [2.24, 2.45) is 0 Å². The van der Waals surface area contributed by atoms with Crippen LogP contribution in [0.2, 0.25) is 0 Å². The molecule has 0 heterocycles. The van der Waals surface area contributed by atoms with Gasteiger partial charge in [0.25, 0.3) is 0 Å². The van der Waals surface area contributed by atoms with Gasteiger partial charge >= 0.3 is 6.09 Å². The van der Waals surface area contributed by atoms with Gasteiger partial charge in [-0.1, -0.05) is 23.8 Å². The van der Waals surface area contributed by atoms with Crippen molar-refractivity contribution in [2.45, 2.75) is 19.8 Å². The third kappa shape index (κ3) is 5.73. The number of hydrogen-bond donors (Lipinski definition) is 3. The molecule has 0 aromatic carbocycles. The van der Waals surface area contributed by atoms with Crippen LogP contribution in [0.5, 0.6) is 0 Å². The summed E-state index contributed by atoms with van der Waals surface area (Å²) >= 11 is 11.2. The number of allylic oxidation sites excluding steroid dienone is 3. The van der Waals surface area contributed by atoms with Crippen molar-refractivity contribution >= 4 is 35.0 Å². The summed E-state index contributed by atoms with van der Waals surface area (Å²) < 4.78 is 4.72. The number of thiocarbonyl (C=S) groups is 1. The van der Waals surface area contributed by atoms with Crippen molar-refractivity contribution in [3.63, 3.8) is 0 Å². The summed E-state index contributed by atoms with van der Waals surface area (Å²) in [6, 6.07) is 0. The van der Waals surface area contributed by atoms with Gasteiger partial charge in [-0.2, -0.15) is 0 Å². The number of carbonyl (C=O) groups is 1. The first-order valence-corrected chi connectivity index (χ1v) is 6.97. The average Bonchev–Trinajstić information content (AvgIpc) is 2.38. The average molecular weight is 317 g/mol. The SMILES string of the molecule is CCOC(=O)NC(=S)NC1=C/CCC=C(CO)/C=C\1Cl. The highest BCUT2D eigenvalue weighted by atomic mass is 35.5. The zero-order valence-electron chi connectivity index (χ0n) is 11.1. The lowest BCUT2D eigenvalue weighted by Gasteiger charge is -2.14. The summed E-state index contributed by atoms with van der Waals surface area (Å²) in [4.78, 5) is 11.2. The van der Waals surface area contributed by atoms with Crippen LogP contribution in [0.1, 0.15) is 19.8 Å². The number of ether oxygens (including phenoxy) is 1. The van der Waals surface area contributed by atoms with Gasteiger partial charge in [0.2, 0.25) is 0 Å². The summed E-state index contributed by atoms with van der Waals surface area (Å²) in [6.45, 7) is 1.90. The maximum atomic E-state index is 11.2. The molecule has 0 atom stereocenters. The molecule has 1 rings (SSSR count). The molecule has 20 heavy (non-hydrogen) atoms. The smallest absolute Gasteiger partial charge is 0.413 e. The molecule has 0 spiro atoms. The molecular formula is C13H17ClN2O3S. The third-order valence-electron chi connectivity index (χ3n) is 2.41. The van der Waals surface area contributed by atoms with E-state index >= 15 is 0 Å². The first kappa shape index (κ1) is 16.7. The maximum absolute atomic E-state index is 11.2. The monoisotopic (exact) mass is 316 g/mol. The van der Waals surface area contributed by atoms with E-state index in [4.69, 9.17) is 33.7 Å². The van der Waals surface area contributed by atoms with Gasteiger partial charge in [0, 0.05) is 0 Å². The molecule has 5 nitrogen and oxygen atoms in total. The summed E-state index contributed by atoms with van der Waals surface area (Å²) in [6.07, 6.45) is 6.38. The molecule has 0 radical (unpaired) electrons. The Hall–Kier alpha value is -1.37. The third-order valence-corrected chi connectivity index (χ3v) is 2.93. The van der Waals surface area contributed by atoms with E-state index in [0.717, 1.165) is 18.4 Å². The van der Waals surface area contributed by atoms with E-state index in [9.17, 15) is 4.79 Å². The number of aliphatic hydroxyl groups is 1. The number of rotatable bonds is 3. The lowest BCUT2D eigenvalue weighted by Crippen LogP contribution is -2.39. The first-order chi connectivity index (χ1) is 9.56. The fourth-order valence-corrected chi connectivity index (χ4v) is 1.99. The zero-order valence-corrected chi connectivity index (χ0v) is 12.7. The second-order valence-electron chi connectivity index (χ2n) is 3.92. The molecule has 0 aliphatic heterocycles. The Labute approximate surface area is 128 Å². The number of carbonyl (C=O) groups excluding carboxylic acids is 1. The first-order valence-electron chi connectivity index (χ1n) is 6.19. The van der Waals surface area contributed by atoms with E-state index in [-0.39, 0.29) is 18.3 Å². The Morgan fingerprint density at radius 3 is 2.85 bits per heavy atom. The Bertz CT molecular complexity index is 472. The molecule has 1 aliphatic rings. The highest BCUT2D eigenvalue weighted by Gasteiger charge is 2.10. The van der Waals surface area contributed by atoms with Gasteiger partial charge in [0.05, 0.1) is 23.9 Å². The molecule has 0 saturated carbocycles. The van der Waals surface area contributed by atoms with Crippen LogP contribution in [0.3, 0.4) is 0 Å².